The molecule has 8 nitrogen and oxygen atoms in total. The number of benzene rings is 1. The van der Waals surface area contributed by atoms with Gasteiger partial charge < -0.3 is 4.74 Å². The minimum absolute atomic E-state index is 0.254. The quantitative estimate of drug-likeness (QED) is 0.528. The average molecular weight is 380 g/mol. The predicted octanol–water partition coefficient (Wildman–Crippen LogP) is 2.37. The van der Waals surface area contributed by atoms with Crippen LogP contribution in [0.25, 0.3) is 16.3 Å². The molecule has 0 aliphatic carbocycles. The third kappa shape index (κ3) is 3.36. The van der Waals surface area contributed by atoms with E-state index in [0.717, 1.165) is 21.7 Å². The summed E-state index contributed by atoms with van der Waals surface area (Å²) in [6.07, 6.45) is 1.77. The van der Waals surface area contributed by atoms with Crippen LogP contribution in [0.15, 0.2) is 52.9 Å². The Morgan fingerprint density at radius 2 is 2.00 bits per heavy atom. The molecule has 3 aromatic heterocycles. The van der Waals surface area contributed by atoms with Gasteiger partial charge in [-0.05, 0) is 35.0 Å². The molecule has 0 N–H and O–H groups in total. The number of thiazole rings is 1. The lowest BCUT2D eigenvalue weighted by Gasteiger charge is -2.12. The molecule has 27 heavy (non-hydrogen) atoms. The van der Waals surface area contributed by atoms with Crippen LogP contribution in [0.4, 0.5) is 0 Å². The first-order valence-electron chi connectivity index (χ1n) is 8.20. The van der Waals surface area contributed by atoms with Gasteiger partial charge in [0.1, 0.15) is 6.61 Å². The molecule has 1 aromatic carbocycles. The summed E-state index contributed by atoms with van der Waals surface area (Å²) in [7, 11) is 1.56. The van der Waals surface area contributed by atoms with Crippen molar-refractivity contribution in [2.45, 2.75) is 13.5 Å². The molecule has 0 spiro atoms. The summed E-state index contributed by atoms with van der Waals surface area (Å²) in [5.74, 6) is 0.501. The highest BCUT2D eigenvalue weighted by Crippen LogP contribution is 2.24. The molecular weight excluding hydrogens is 364 g/mol. The summed E-state index contributed by atoms with van der Waals surface area (Å²) in [6, 6.07) is 11.3. The molecule has 0 unspecified atom stereocenters. The van der Waals surface area contributed by atoms with E-state index in [2.05, 4.69) is 20.4 Å². The second-order valence-corrected chi connectivity index (χ2v) is 6.77. The van der Waals surface area contributed by atoms with Gasteiger partial charge in [0.25, 0.3) is 0 Å². The Kier molecular flexibility index (Phi) is 4.51. The molecule has 0 fully saturated rings. The molecular formula is C18H16N6O2S. The first kappa shape index (κ1) is 17.1. The van der Waals surface area contributed by atoms with Crippen LogP contribution in [0, 0.1) is 6.92 Å². The average Bonchev–Trinajstić information content (AvgIpc) is 3.32. The summed E-state index contributed by atoms with van der Waals surface area (Å²) in [5, 5.41) is 7.71. The lowest BCUT2D eigenvalue weighted by Crippen LogP contribution is -2.23. The molecule has 4 aromatic rings. The van der Waals surface area contributed by atoms with Crippen molar-refractivity contribution < 1.29 is 4.74 Å². The van der Waals surface area contributed by atoms with E-state index < -0.39 is 0 Å². The number of aryl methyl sites for hydroxylation is 2. The molecule has 4 rings (SSSR count). The monoisotopic (exact) mass is 380 g/mol. The van der Waals surface area contributed by atoms with Crippen molar-refractivity contribution in [2.24, 2.45) is 7.05 Å². The van der Waals surface area contributed by atoms with Gasteiger partial charge in [0.05, 0.1) is 21.8 Å². The van der Waals surface area contributed by atoms with Crippen LogP contribution >= 0.6 is 11.3 Å². The summed E-state index contributed by atoms with van der Waals surface area (Å²) in [4.78, 5) is 21.8. The lowest BCUT2D eigenvalue weighted by atomic mass is 10.1. The maximum atomic E-state index is 12.2. The molecule has 136 valence electrons. The molecule has 0 aliphatic heterocycles. The summed E-state index contributed by atoms with van der Waals surface area (Å²) >= 11 is 1.52. The lowest BCUT2D eigenvalue weighted by molar-refractivity contribution is 0.293. The normalized spacial score (nSPS) is 10.9. The Labute approximate surface area is 158 Å². The zero-order valence-corrected chi connectivity index (χ0v) is 15.6. The van der Waals surface area contributed by atoms with Crippen LogP contribution < -0.4 is 10.4 Å². The molecule has 0 atom stereocenters. The summed E-state index contributed by atoms with van der Waals surface area (Å²) in [6.45, 7) is 2.22. The molecule has 0 saturated carbocycles. The van der Waals surface area contributed by atoms with E-state index in [9.17, 15) is 4.79 Å². The Balaban J connectivity index is 1.63. The van der Waals surface area contributed by atoms with Gasteiger partial charge in [0.15, 0.2) is 0 Å². The van der Waals surface area contributed by atoms with Crippen molar-refractivity contribution in [2.75, 3.05) is 0 Å². The van der Waals surface area contributed by atoms with Crippen LogP contribution in [0.1, 0.15) is 11.1 Å². The Morgan fingerprint density at radius 3 is 2.74 bits per heavy atom. The molecule has 3 heterocycles. The Bertz CT molecular complexity index is 1130. The SMILES string of the molecule is Cc1cccc(-n2nnn(C)c2=O)c1COc1cccc(-c2cncs2)n1. The topological polar surface area (TPSA) is 87.7 Å². The van der Waals surface area contributed by atoms with E-state index in [1.807, 2.05) is 37.3 Å². The fourth-order valence-electron chi connectivity index (χ4n) is 2.66. The highest BCUT2D eigenvalue weighted by molar-refractivity contribution is 7.13. The van der Waals surface area contributed by atoms with E-state index in [4.69, 9.17) is 4.74 Å². The summed E-state index contributed by atoms with van der Waals surface area (Å²) < 4.78 is 8.38. The van der Waals surface area contributed by atoms with E-state index in [0.29, 0.717) is 11.6 Å². The van der Waals surface area contributed by atoms with Gasteiger partial charge in [-0.3, -0.25) is 4.98 Å². The first-order chi connectivity index (χ1) is 13.1. The smallest absolute Gasteiger partial charge is 0.368 e. The van der Waals surface area contributed by atoms with Gasteiger partial charge in [-0.2, -0.15) is 9.36 Å². The van der Waals surface area contributed by atoms with Crippen molar-refractivity contribution in [3.8, 4) is 22.1 Å². The number of tetrazole rings is 1. The van der Waals surface area contributed by atoms with Gasteiger partial charge in [-0.25, -0.2) is 9.78 Å². The van der Waals surface area contributed by atoms with Crippen molar-refractivity contribution in [3.05, 3.63) is 69.7 Å². The third-order valence-electron chi connectivity index (χ3n) is 4.11. The Hall–Kier alpha value is -3.33. The summed E-state index contributed by atoms with van der Waals surface area (Å²) in [5.41, 5.74) is 4.75. The van der Waals surface area contributed by atoms with Crippen molar-refractivity contribution in [1.82, 2.24) is 29.8 Å². The largest absolute Gasteiger partial charge is 0.473 e. The Morgan fingerprint density at radius 1 is 1.15 bits per heavy atom. The second kappa shape index (κ2) is 7.12. The van der Waals surface area contributed by atoms with Crippen molar-refractivity contribution in [3.63, 3.8) is 0 Å². The van der Waals surface area contributed by atoms with Gasteiger partial charge in [-0.1, -0.05) is 18.2 Å². The van der Waals surface area contributed by atoms with E-state index in [-0.39, 0.29) is 12.3 Å². The van der Waals surface area contributed by atoms with Crippen molar-refractivity contribution in [1.29, 1.82) is 0 Å². The molecule has 0 saturated heterocycles. The number of rotatable bonds is 5. The number of hydrogen-bond acceptors (Lipinski definition) is 7. The number of pyridine rings is 1. The fourth-order valence-corrected chi connectivity index (χ4v) is 3.25. The minimum Gasteiger partial charge on any atom is -0.473 e. The highest BCUT2D eigenvalue weighted by Gasteiger charge is 2.14. The zero-order chi connectivity index (χ0) is 18.8. The second-order valence-electron chi connectivity index (χ2n) is 5.88. The maximum absolute atomic E-state index is 12.2. The number of nitrogens with zero attached hydrogens (tertiary/aromatic N) is 6. The van der Waals surface area contributed by atoms with Crippen LogP contribution in [0.3, 0.4) is 0 Å². The van der Waals surface area contributed by atoms with Crippen LogP contribution in [0.5, 0.6) is 5.88 Å². The standard InChI is InChI=1S/C18H16N6O2S/c1-12-5-3-7-15(24-18(25)23(2)21-22-24)13(12)10-26-17-8-4-6-14(20-17)16-9-19-11-27-16/h3-9,11H,10H2,1-2H3. The van der Waals surface area contributed by atoms with E-state index >= 15 is 0 Å². The number of ether oxygens (including phenoxy) is 1. The molecule has 9 heteroatoms. The first-order valence-corrected chi connectivity index (χ1v) is 9.08. The molecule has 0 bridgehead atoms. The van der Waals surface area contributed by atoms with E-state index in [1.165, 1.54) is 20.7 Å². The van der Waals surface area contributed by atoms with Gasteiger partial charge in [0.2, 0.25) is 5.88 Å². The van der Waals surface area contributed by atoms with Crippen LogP contribution in [-0.4, -0.2) is 29.8 Å². The zero-order valence-electron chi connectivity index (χ0n) is 14.7. The molecule has 0 amide bonds. The number of aromatic nitrogens is 6. The maximum Gasteiger partial charge on any atom is 0.368 e. The minimum atomic E-state index is -0.313. The highest BCUT2D eigenvalue weighted by atomic mass is 32.1. The van der Waals surface area contributed by atoms with Gasteiger partial charge in [0, 0.05) is 24.9 Å². The fraction of sp³-hybridized carbons (Fsp3) is 0.167. The van der Waals surface area contributed by atoms with Crippen LogP contribution in [-0.2, 0) is 13.7 Å². The predicted molar refractivity (Wildman–Crippen MR) is 101 cm³/mol. The molecule has 0 aliphatic rings. The van der Waals surface area contributed by atoms with Gasteiger partial charge >= 0.3 is 5.69 Å². The molecule has 0 radical (unpaired) electrons. The number of hydrogen-bond donors (Lipinski definition) is 0. The van der Waals surface area contributed by atoms with E-state index in [1.54, 1.807) is 24.8 Å². The van der Waals surface area contributed by atoms with Crippen LogP contribution in [0.2, 0.25) is 0 Å². The van der Waals surface area contributed by atoms with Gasteiger partial charge in [-0.15, -0.1) is 11.3 Å². The third-order valence-corrected chi connectivity index (χ3v) is 4.90. The van der Waals surface area contributed by atoms with Crippen molar-refractivity contribution >= 4 is 11.3 Å².